The molecule has 0 saturated carbocycles. The molecule has 20 nitrogen and oxygen atoms in total. The van der Waals surface area contributed by atoms with Gasteiger partial charge in [-0.15, -0.1) is 0 Å². The first-order chi connectivity index (χ1) is 23.3. The summed E-state index contributed by atoms with van der Waals surface area (Å²) in [4.78, 5) is 34.1. The van der Waals surface area contributed by atoms with Crippen molar-refractivity contribution in [2.75, 3.05) is 21.4 Å². The number of amides is 2. The van der Waals surface area contributed by atoms with Gasteiger partial charge in [-0.2, -0.15) is 45.3 Å². The molecular formula is C26H20ClN9O11S3. The molecule has 50 heavy (non-hydrogen) atoms. The first-order valence-electron chi connectivity index (χ1n) is 13.2. The van der Waals surface area contributed by atoms with Crippen LogP contribution in [0.1, 0.15) is 15.9 Å². The lowest BCUT2D eigenvalue weighted by Gasteiger charge is -2.17. The Balaban J connectivity index is 1.50. The molecule has 0 bridgehead atoms. The zero-order valence-electron chi connectivity index (χ0n) is 24.4. The van der Waals surface area contributed by atoms with E-state index in [0.717, 1.165) is 30.3 Å². The number of primary amides is 1. The van der Waals surface area contributed by atoms with Gasteiger partial charge in [0.2, 0.25) is 23.0 Å². The fourth-order valence-electron chi connectivity index (χ4n) is 4.40. The molecule has 260 valence electrons. The summed E-state index contributed by atoms with van der Waals surface area (Å²) >= 11 is 6.01. The van der Waals surface area contributed by atoms with Crippen molar-refractivity contribution in [2.45, 2.75) is 9.79 Å². The van der Waals surface area contributed by atoms with Crippen LogP contribution < -0.4 is 27.1 Å². The number of carbonyl (C=O) groups excluding carboxylic acids is 2. The van der Waals surface area contributed by atoms with Gasteiger partial charge in [-0.25, -0.2) is 4.79 Å². The molecule has 4 aromatic rings. The molecule has 0 fully saturated rings. The molecule has 0 radical (unpaired) electrons. The van der Waals surface area contributed by atoms with E-state index in [1.807, 2.05) is 0 Å². The summed E-state index contributed by atoms with van der Waals surface area (Å²) in [6, 6.07) is 11.1. The molecule has 2 amide bonds. The van der Waals surface area contributed by atoms with Gasteiger partial charge in [0, 0.05) is 16.9 Å². The van der Waals surface area contributed by atoms with Crippen molar-refractivity contribution in [3.05, 3.63) is 82.0 Å². The summed E-state index contributed by atoms with van der Waals surface area (Å²) in [6.45, 7) is 0. The van der Waals surface area contributed by atoms with E-state index in [2.05, 4.69) is 41.4 Å². The largest absolute Gasteiger partial charge is 0.351 e. The fraction of sp³-hybridized carbons (Fsp3) is 0. The van der Waals surface area contributed by atoms with E-state index < -0.39 is 73.5 Å². The van der Waals surface area contributed by atoms with Gasteiger partial charge in [-0.05, 0) is 71.8 Å². The van der Waals surface area contributed by atoms with Crippen LogP contribution in [0.15, 0.2) is 80.5 Å². The normalized spacial score (nSPS) is 14.0. The van der Waals surface area contributed by atoms with Gasteiger partial charge in [0.15, 0.2) is 5.71 Å². The molecule has 0 spiro atoms. The number of urea groups is 1. The van der Waals surface area contributed by atoms with Crippen molar-refractivity contribution in [3.63, 3.8) is 0 Å². The van der Waals surface area contributed by atoms with Crippen molar-refractivity contribution in [1.29, 1.82) is 0 Å². The predicted molar refractivity (Wildman–Crippen MR) is 178 cm³/mol. The highest BCUT2D eigenvalue weighted by atomic mass is 35.5. The smallest absolute Gasteiger partial charge is 0.316 e. The number of rotatable bonds is 10. The van der Waals surface area contributed by atoms with E-state index in [1.54, 1.807) is 0 Å². The highest BCUT2D eigenvalue weighted by molar-refractivity contribution is 7.91. The topological polar surface area (TPSA) is 322 Å². The van der Waals surface area contributed by atoms with Crippen LogP contribution in [0, 0.1) is 0 Å². The molecule has 0 unspecified atom stereocenters. The molecule has 0 saturated heterocycles. The monoisotopic (exact) mass is 765 g/mol. The van der Waals surface area contributed by atoms with Gasteiger partial charge in [0.1, 0.15) is 14.7 Å². The Morgan fingerprint density at radius 3 is 2.02 bits per heavy atom. The zero-order valence-corrected chi connectivity index (χ0v) is 27.6. The van der Waals surface area contributed by atoms with Crippen LogP contribution in [0.3, 0.4) is 0 Å². The van der Waals surface area contributed by atoms with Gasteiger partial charge < -0.3 is 21.7 Å². The lowest BCUT2D eigenvalue weighted by molar-refractivity contribution is 0.106. The number of ketones is 1. The number of fused-ring (bicyclic) bond motifs is 1. The maximum Gasteiger partial charge on any atom is 0.316 e. The standard InChI is InChI=1S/C26H20ClN9O11S3/c27-23-32-25(34-26(33-23)31-16-3-1-2-4-18(16)48(39,40)41)30-14-6-8-19(49(42,43)44)17(11-14)35-36-21-20(50(45,46)47)10-12-9-13(29-24(28)38)5-7-15(12)22(21)37/h1-11,35H,(H3,28,29,38)(H,39,40,41)(H,42,43,44)(H,45,46,47)(H2,30,31,32,33,34). The number of carbonyl (C=O) groups is 2. The summed E-state index contributed by atoms with van der Waals surface area (Å²) in [5, 5.41) is 10.9. The lowest BCUT2D eigenvalue weighted by atomic mass is 9.94. The molecule has 5 rings (SSSR count). The number of allylic oxidation sites excluding steroid dienone is 1. The molecule has 1 heterocycles. The van der Waals surface area contributed by atoms with Crippen LogP contribution in [0.4, 0.5) is 39.4 Å². The highest BCUT2D eigenvalue weighted by Crippen LogP contribution is 2.31. The third-order valence-corrected chi connectivity index (χ3v) is 9.26. The Kier molecular flexibility index (Phi) is 9.57. The first-order valence-corrected chi connectivity index (χ1v) is 17.9. The van der Waals surface area contributed by atoms with Crippen LogP contribution in [-0.2, 0) is 30.4 Å². The number of hydrogen-bond donors (Lipinski definition) is 8. The Morgan fingerprint density at radius 1 is 0.760 bits per heavy atom. The second-order valence-electron chi connectivity index (χ2n) is 9.84. The molecule has 24 heteroatoms. The fourth-order valence-corrected chi connectivity index (χ4v) is 6.49. The van der Waals surface area contributed by atoms with Crippen LogP contribution in [0.25, 0.3) is 6.08 Å². The Bertz CT molecular complexity index is 2490. The van der Waals surface area contributed by atoms with Gasteiger partial charge in [-0.1, -0.05) is 12.1 Å². The predicted octanol–water partition coefficient (Wildman–Crippen LogP) is 2.89. The number of hydrogen-bond acceptors (Lipinski definition) is 15. The first kappa shape index (κ1) is 35.7. The zero-order chi connectivity index (χ0) is 36.6. The van der Waals surface area contributed by atoms with Gasteiger partial charge in [0.05, 0.1) is 11.4 Å². The number of nitrogens with zero attached hydrogens (tertiary/aromatic N) is 4. The summed E-state index contributed by atoms with van der Waals surface area (Å²) in [5.41, 5.74) is 5.74. The molecule has 1 aromatic heterocycles. The molecule has 3 aromatic carbocycles. The number of aromatic nitrogens is 3. The third kappa shape index (κ3) is 8.17. The van der Waals surface area contributed by atoms with Crippen molar-refractivity contribution >= 4 is 100 Å². The average Bonchev–Trinajstić information content (AvgIpc) is 2.98. The maximum absolute atomic E-state index is 13.3. The van der Waals surface area contributed by atoms with Crippen LogP contribution in [0.2, 0.25) is 5.28 Å². The van der Waals surface area contributed by atoms with Crippen LogP contribution >= 0.6 is 11.6 Å². The molecule has 0 aliphatic heterocycles. The molecular weight excluding hydrogens is 746 g/mol. The summed E-state index contributed by atoms with van der Waals surface area (Å²) in [5.74, 6) is -1.61. The molecule has 9 N–H and O–H groups in total. The van der Waals surface area contributed by atoms with E-state index in [0.29, 0.717) is 0 Å². The van der Waals surface area contributed by atoms with Gasteiger partial charge in [-0.3, -0.25) is 23.9 Å². The van der Waals surface area contributed by atoms with Crippen molar-refractivity contribution in [1.82, 2.24) is 15.0 Å². The number of Topliss-reactive ketones (excluding diaryl/α,β-unsaturated/α-hetero) is 1. The molecule has 1 aliphatic rings. The highest BCUT2D eigenvalue weighted by Gasteiger charge is 2.33. The van der Waals surface area contributed by atoms with Gasteiger partial charge >= 0.3 is 6.03 Å². The van der Waals surface area contributed by atoms with Crippen LogP contribution in [-0.4, -0.2) is 71.4 Å². The van der Waals surface area contributed by atoms with Crippen LogP contribution in [0.5, 0.6) is 0 Å². The molecule has 1 aliphatic carbocycles. The number of anilines is 6. The van der Waals surface area contributed by atoms with Crippen molar-refractivity contribution in [2.24, 2.45) is 10.8 Å². The number of nitrogens with one attached hydrogen (secondary N) is 4. The quantitative estimate of drug-likeness (QED) is 0.0849. The second kappa shape index (κ2) is 13.4. The minimum atomic E-state index is -5.13. The molecule has 0 atom stereocenters. The maximum atomic E-state index is 13.3. The van der Waals surface area contributed by atoms with E-state index in [9.17, 15) is 48.5 Å². The van der Waals surface area contributed by atoms with Crippen molar-refractivity contribution < 1.29 is 48.5 Å². The average molecular weight is 766 g/mol. The number of hydrazone groups is 1. The number of nitrogens with two attached hydrogens (primary N) is 1. The van der Waals surface area contributed by atoms with Gasteiger partial charge in [0.25, 0.3) is 30.4 Å². The minimum absolute atomic E-state index is 0.00741. The Labute approximate surface area is 286 Å². The second-order valence-corrected chi connectivity index (χ2v) is 14.3. The minimum Gasteiger partial charge on any atom is -0.351 e. The number of halogens is 1. The SMILES string of the molecule is NC(=O)Nc1ccc2c(c1)C=C(S(=O)(=O)O)C(=NNc1cc(Nc3nc(Cl)nc(Nc4ccccc4S(=O)(=O)O)n3)ccc1S(=O)(=O)O)C2=O. The Hall–Kier alpha value is -5.56. The number of para-hydroxylation sites is 1. The van der Waals surface area contributed by atoms with E-state index in [-0.39, 0.29) is 40.1 Å². The summed E-state index contributed by atoms with van der Waals surface area (Å²) in [6.07, 6.45) is 0.880. The number of benzene rings is 3. The van der Waals surface area contributed by atoms with E-state index >= 15 is 0 Å². The lowest BCUT2D eigenvalue weighted by Crippen LogP contribution is -2.27. The van der Waals surface area contributed by atoms with Crippen molar-refractivity contribution in [3.8, 4) is 0 Å². The van der Waals surface area contributed by atoms with E-state index in [1.165, 1.54) is 36.4 Å². The Morgan fingerprint density at radius 2 is 1.38 bits per heavy atom. The summed E-state index contributed by atoms with van der Waals surface area (Å²) < 4.78 is 102. The van der Waals surface area contributed by atoms with E-state index in [4.69, 9.17) is 17.3 Å². The summed E-state index contributed by atoms with van der Waals surface area (Å²) in [7, 11) is -14.8. The third-order valence-electron chi connectivity index (χ3n) is 6.40.